The smallest absolute Gasteiger partial charge is 0.254 e. The molecule has 0 saturated carbocycles. The van der Waals surface area contributed by atoms with Gasteiger partial charge in [0, 0.05) is 25.3 Å². The maximum atomic E-state index is 13.4. The van der Waals surface area contributed by atoms with Crippen LogP contribution in [0.15, 0.2) is 12.3 Å². The highest BCUT2D eigenvalue weighted by Crippen LogP contribution is 2.13. The van der Waals surface area contributed by atoms with E-state index in [0.717, 1.165) is 12.3 Å². The summed E-state index contributed by atoms with van der Waals surface area (Å²) in [4.78, 5) is 17.0. The number of halogens is 2. The van der Waals surface area contributed by atoms with Crippen molar-refractivity contribution >= 4 is 5.91 Å². The van der Waals surface area contributed by atoms with Crippen molar-refractivity contribution in [3.63, 3.8) is 0 Å². The van der Waals surface area contributed by atoms with E-state index in [1.807, 2.05) is 4.90 Å². The van der Waals surface area contributed by atoms with Gasteiger partial charge in [0.05, 0.1) is 18.2 Å². The van der Waals surface area contributed by atoms with Gasteiger partial charge >= 0.3 is 0 Å². The highest BCUT2D eigenvalue weighted by Gasteiger charge is 2.23. The van der Waals surface area contributed by atoms with Gasteiger partial charge in [0.15, 0.2) is 5.82 Å². The van der Waals surface area contributed by atoms with Crippen molar-refractivity contribution in [1.29, 1.82) is 5.26 Å². The van der Waals surface area contributed by atoms with Gasteiger partial charge in [0.2, 0.25) is 5.95 Å². The van der Waals surface area contributed by atoms with E-state index in [9.17, 15) is 13.6 Å². The first-order valence-corrected chi connectivity index (χ1v) is 6.32. The quantitative estimate of drug-likeness (QED) is 0.664. The van der Waals surface area contributed by atoms with Crippen molar-refractivity contribution in [2.75, 3.05) is 19.6 Å². The second-order valence-corrected chi connectivity index (χ2v) is 4.65. The Kier molecular flexibility index (Phi) is 4.58. The Labute approximate surface area is 115 Å². The fourth-order valence-corrected chi connectivity index (χ4v) is 2.19. The number of carbonyl (C=O) groups is 1. The van der Waals surface area contributed by atoms with Gasteiger partial charge in [-0.25, -0.2) is 9.37 Å². The van der Waals surface area contributed by atoms with Gasteiger partial charge in [-0.2, -0.15) is 9.65 Å². The summed E-state index contributed by atoms with van der Waals surface area (Å²) in [5.41, 5.74) is -0.336. The number of amides is 1. The van der Waals surface area contributed by atoms with Crippen LogP contribution in [0.5, 0.6) is 0 Å². The average molecular weight is 280 g/mol. The number of piperidine rings is 1. The molecule has 1 saturated heterocycles. The lowest BCUT2D eigenvalue weighted by molar-refractivity contribution is 0.0909. The molecular weight excluding hydrogens is 266 g/mol. The van der Waals surface area contributed by atoms with E-state index >= 15 is 0 Å². The van der Waals surface area contributed by atoms with Crippen molar-refractivity contribution in [2.24, 2.45) is 0 Å². The van der Waals surface area contributed by atoms with Crippen LogP contribution in [0.2, 0.25) is 0 Å². The van der Waals surface area contributed by atoms with Gasteiger partial charge in [-0.15, -0.1) is 0 Å². The third-order valence-corrected chi connectivity index (χ3v) is 3.31. The Morgan fingerprint density at radius 2 is 2.20 bits per heavy atom. The highest BCUT2D eigenvalue weighted by molar-refractivity contribution is 5.94. The first-order chi connectivity index (χ1) is 9.61. The molecule has 0 spiro atoms. The minimum absolute atomic E-state index is 0.0898. The summed E-state index contributed by atoms with van der Waals surface area (Å²) in [6.07, 6.45) is 2.42. The summed E-state index contributed by atoms with van der Waals surface area (Å²) < 4.78 is 26.4. The van der Waals surface area contributed by atoms with Crippen LogP contribution < -0.4 is 5.32 Å². The molecule has 1 aromatic rings. The molecule has 20 heavy (non-hydrogen) atoms. The first kappa shape index (κ1) is 14.3. The first-order valence-electron chi connectivity index (χ1n) is 6.32. The van der Waals surface area contributed by atoms with E-state index in [4.69, 9.17) is 5.26 Å². The van der Waals surface area contributed by atoms with Gasteiger partial charge in [0.1, 0.15) is 0 Å². The molecule has 2 rings (SSSR count). The van der Waals surface area contributed by atoms with Crippen molar-refractivity contribution in [3.8, 4) is 6.07 Å². The molecule has 1 N–H and O–H groups in total. The predicted octanol–water partition coefficient (Wildman–Crippen LogP) is 1.08. The van der Waals surface area contributed by atoms with E-state index < -0.39 is 17.7 Å². The number of hydrogen-bond acceptors (Lipinski definition) is 4. The molecule has 0 bridgehead atoms. The molecule has 5 nitrogen and oxygen atoms in total. The zero-order valence-electron chi connectivity index (χ0n) is 10.8. The lowest BCUT2D eigenvalue weighted by Crippen LogP contribution is -2.44. The maximum absolute atomic E-state index is 13.4. The molecule has 1 aromatic heterocycles. The summed E-state index contributed by atoms with van der Waals surface area (Å²) in [7, 11) is 0. The molecule has 0 aromatic carbocycles. The predicted molar refractivity (Wildman–Crippen MR) is 66.7 cm³/mol. The van der Waals surface area contributed by atoms with Crippen LogP contribution in [-0.2, 0) is 0 Å². The van der Waals surface area contributed by atoms with Gasteiger partial charge in [0.25, 0.3) is 5.91 Å². The molecule has 7 heteroatoms. The monoisotopic (exact) mass is 280 g/mol. The van der Waals surface area contributed by atoms with E-state index in [2.05, 4.69) is 16.4 Å². The molecular formula is C13H14F2N4O. The van der Waals surface area contributed by atoms with Crippen LogP contribution in [0.1, 0.15) is 23.2 Å². The van der Waals surface area contributed by atoms with Crippen LogP contribution in [0.3, 0.4) is 0 Å². The summed E-state index contributed by atoms with van der Waals surface area (Å²) in [6.45, 7) is 1.77. The number of nitrogens with one attached hydrogen (secondary N) is 1. The van der Waals surface area contributed by atoms with Gasteiger partial charge in [-0.05, 0) is 18.9 Å². The van der Waals surface area contributed by atoms with Crippen LogP contribution in [-0.4, -0.2) is 41.5 Å². The summed E-state index contributed by atoms with van der Waals surface area (Å²) in [6, 6.07) is 3.13. The van der Waals surface area contributed by atoms with E-state index in [1.165, 1.54) is 0 Å². The molecule has 0 unspecified atom stereocenters. The fourth-order valence-electron chi connectivity index (χ4n) is 2.19. The minimum Gasteiger partial charge on any atom is -0.349 e. The molecule has 1 fully saturated rings. The van der Waals surface area contributed by atoms with Crippen molar-refractivity contribution < 1.29 is 13.6 Å². The maximum Gasteiger partial charge on any atom is 0.254 e. The SMILES string of the molecule is N#CCN1CCC(NC(=O)c2ccnc(F)c2F)CC1. The Balaban J connectivity index is 1.93. The number of aromatic nitrogens is 1. The molecule has 1 aliphatic heterocycles. The number of hydrogen-bond donors (Lipinski definition) is 1. The van der Waals surface area contributed by atoms with Crippen LogP contribution in [0.25, 0.3) is 0 Å². The Bertz CT molecular complexity index is 536. The topological polar surface area (TPSA) is 69.0 Å². The summed E-state index contributed by atoms with van der Waals surface area (Å²) in [5, 5.41) is 11.3. The second kappa shape index (κ2) is 6.39. The molecule has 0 atom stereocenters. The van der Waals surface area contributed by atoms with E-state index in [-0.39, 0.29) is 11.6 Å². The molecule has 0 radical (unpaired) electrons. The van der Waals surface area contributed by atoms with Crippen molar-refractivity contribution in [1.82, 2.24) is 15.2 Å². The normalized spacial score (nSPS) is 16.6. The Hall–Kier alpha value is -2.07. The molecule has 106 valence electrons. The lowest BCUT2D eigenvalue weighted by atomic mass is 10.0. The standard InChI is InChI=1S/C13H14F2N4O/c14-11-10(1-5-17-12(11)15)13(20)18-9-2-6-19(7-3-9)8-4-16/h1,5,9H,2-3,6-8H2,(H,18,20). The van der Waals surface area contributed by atoms with Crippen LogP contribution >= 0.6 is 0 Å². The zero-order chi connectivity index (χ0) is 14.5. The summed E-state index contributed by atoms with van der Waals surface area (Å²) >= 11 is 0. The van der Waals surface area contributed by atoms with Crippen molar-refractivity contribution in [2.45, 2.75) is 18.9 Å². The van der Waals surface area contributed by atoms with Gasteiger partial charge < -0.3 is 5.32 Å². The fraction of sp³-hybridized carbons (Fsp3) is 0.462. The third kappa shape index (κ3) is 3.27. The molecule has 2 heterocycles. The molecule has 1 aliphatic rings. The molecule has 0 aliphatic carbocycles. The zero-order valence-corrected chi connectivity index (χ0v) is 10.8. The number of pyridine rings is 1. The number of nitriles is 1. The molecule has 1 amide bonds. The number of nitrogens with zero attached hydrogens (tertiary/aromatic N) is 3. The second-order valence-electron chi connectivity index (χ2n) is 4.65. The highest BCUT2D eigenvalue weighted by atomic mass is 19.2. The minimum atomic E-state index is -1.28. The number of likely N-dealkylation sites (tertiary alicyclic amines) is 1. The largest absolute Gasteiger partial charge is 0.349 e. The summed E-state index contributed by atoms with van der Waals surface area (Å²) in [5.74, 6) is -3.14. The van der Waals surface area contributed by atoms with Crippen LogP contribution in [0.4, 0.5) is 8.78 Å². The number of rotatable bonds is 3. The third-order valence-electron chi connectivity index (χ3n) is 3.31. The Morgan fingerprint density at radius 1 is 1.50 bits per heavy atom. The van der Waals surface area contributed by atoms with Crippen LogP contribution in [0, 0.1) is 23.1 Å². The average Bonchev–Trinajstić information content (AvgIpc) is 2.44. The van der Waals surface area contributed by atoms with Crippen molar-refractivity contribution in [3.05, 3.63) is 29.6 Å². The van der Waals surface area contributed by atoms with E-state index in [0.29, 0.717) is 32.5 Å². The number of carbonyl (C=O) groups excluding carboxylic acids is 1. The van der Waals surface area contributed by atoms with Gasteiger partial charge in [-0.1, -0.05) is 0 Å². The van der Waals surface area contributed by atoms with E-state index in [1.54, 1.807) is 0 Å². The van der Waals surface area contributed by atoms with Gasteiger partial charge in [-0.3, -0.25) is 9.69 Å². The lowest BCUT2D eigenvalue weighted by Gasteiger charge is -2.30. The Morgan fingerprint density at radius 3 is 2.85 bits per heavy atom.